The molecule has 5 saturated heterocycles. The van der Waals surface area contributed by atoms with Crippen molar-refractivity contribution < 1.29 is 144 Å². The summed E-state index contributed by atoms with van der Waals surface area (Å²) < 4.78 is 52.2. The summed E-state index contributed by atoms with van der Waals surface area (Å²) in [6, 6.07) is -5.28. The van der Waals surface area contributed by atoms with Crippen LogP contribution < -0.4 is 16.0 Å². The van der Waals surface area contributed by atoms with Gasteiger partial charge < -0.3 is 140 Å². The average molecular weight is 1040 g/mol. The van der Waals surface area contributed by atoms with Crippen molar-refractivity contribution in [3.63, 3.8) is 0 Å². The molecular formula is C39H65N3O29. The maximum absolute atomic E-state index is 13.5. The minimum Gasteiger partial charge on any atom is -0.477 e. The molecule has 19 N–H and O–H groups in total. The first-order valence-electron chi connectivity index (χ1n) is 22.2. The van der Waals surface area contributed by atoms with Crippen molar-refractivity contribution in [2.24, 2.45) is 0 Å². The fourth-order valence-corrected chi connectivity index (χ4v) is 8.94. The van der Waals surface area contributed by atoms with Crippen LogP contribution >= 0.6 is 0 Å². The number of aliphatic carboxylic acids is 1. The minimum absolute atomic E-state index is 0.788. The number of hydrogen-bond donors (Lipinski definition) is 19. The highest BCUT2D eigenvalue weighted by atomic mass is 16.8. The molecule has 32 nitrogen and oxygen atoms in total. The maximum atomic E-state index is 13.5. The van der Waals surface area contributed by atoms with Crippen LogP contribution in [0.15, 0.2) is 0 Å². The van der Waals surface area contributed by atoms with Gasteiger partial charge in [-0.1, -0.05) is 0 Å². The molecule has 26 atom stereocenters. The highest BCUT2D eigenvalue weighted by Gasteiger charge is 2.62. The SMILES string of the molecule is CC(=O)N[C@@H]1[C@@H](O)[C@H](O[C@@H]2O[C@H](CO)[C@H](O[C@@H]3O[C@H](CO)[C@@H](O)[C@H](O[C@@H]4O[C@H](CO)[C@H](O)[C@H](O)[C@H]4O)[C@H]3NC(C)=O)[C@H](O[C@]3(C(=O)O)C[C@H](O)[C@@H](NC(C)=O)[C@H]([C@H](O)[C@H](O)CO)O3)[C@H]2O)[C@@H](CO)O[C@H]1O. The minimum atomic E-state index is -3.34. The number of carbonyl (C=O) groups excluding carboxylic acids is 3. The van der Waals surface area contributed by atoms with Crippen LogP contribution in [-0.2, 0) is 61.8 Å². The van der Waals surface area contributed by atoms with E-state index in [2.05, 4.69) is 16.0 Å². The molecule has 71 heavy (non-hydrogen) atoms. The Hall–Kier alpha value is -3.08. The van der Waals surface area contributed by atoms with E-state index in [1.807, 2.05) is 0 Å². The molecule has 5 rings (SSSR count). The quantitative estimate of drug-likeness (QED) is 0.0571. The fourth-order valence-electron chi connectivity index (χ4n) is 8.94. The zero-order valence-corrected chi connectivity index (χ0v) is 38.1. The van der Waals surface area contributed by atoms with Gasteiger partial charge in [0.25, 0.3) is 5.79 Å². The highest BCUT2D eigenvalue weighted by molar-refractivity contribution is 5.77. The van der Waals surface area contributed by atoms with E-state index in [1.54, 1.807) is 0 Å². The Kier molecular flexibility index (Phi) is 20.7. The largest absolute Gasteiger partial charge is 0.477 e. The third-order valence-electron chi connectivity index (χ3n) is 12.5. The van der Waals surface area contributed by atoms with E-state index >= 15 is 0 Å². The molecule has 0 bridgehead atoms. The van der Waals surface area contributed by atoms with Crippen molar-refractivity contribution in [1.29, 1.82) is 0 Å². The first-order chi connectivity index (χ1) is 33.4. The predicted octanol–water partition coefficient (Wildman–Crippen LogP) is -12.3. The number of carbonyl (C=O) groups is 4. The maximum Gasteiger partial charge on any atom is 0.364 e. The first-order valence-corrected chi connectivity index (χ1v) is 22.2. The summed E-state index contributed by atoms with van der Waals surface area (Å²) in [4.78, 5) is 50.5. The predicted molar refractivity (Wildman–Crippen MR) is 219 cm³/mol. The van der Waals surface area contributed by atoms with Crippen molar-refractivity contribution in [2.45, 2.75) is 186 Å². The van der Waals surface area contributed by atoms with E-state index in [0.717, 1.165) is 20.8 Å². The first kappa shape index (κ1) is 58.8. The van der Waals surface area contributed by atoms with Crippen LogP contribution in [0.25, 0.3) is 0 Å². The van der Waals surface area contributed by atoms with Crippen LogP contribution in [0.1, 0.15) is 27.2 Å². The monoisotopic (exact) mass is 1040 g/mol. The Morgan fingerprint density at radius 1 is 0.549 bits per heavy atom. The van der Waals surface area contributed by atoms with Gasteiger partial charge in [0.1, 0.15) is 116 Å². The zero-order chi connectivity index (χ0) is 53.0. The van der Waals surface area contributed by atoms with E-state index in [-0.39, 0.29) is 0 Å². The second-order valence-electron chi connectivity index (χ2n) is 17.6. The molecule has 3 amide bonds. The Bertz CT molecular complexity index is 1770. The Balaban J connectivity index is 1.62. The van der Waals surface area contributed by atoms with Gasteiger partial charge in [-0.2, -0.15) is 0 Å². The summed E-state index contributed by atoms with van der Waals surface area (Å²) in [6.07, 6.45) is -46.3. The van der Waals surface area contributed by atoms with Crippen LogP contribution in [0, 0.1) is 0 Å². The zero-order valence-electron chi connectivity index (χ0n) is 38.1. The molecule has 0 aromatic rings. The van der Waals surface area contributed by atoms with Gasteiger partial charge in [0.05, 0.1) is 45.2 Å². The van der Waals surface area contributed by atoms with Crippen LogP contribution in [0.5, 0.6) is 0 Å². The second-order valence-corrected chi connectivity index (χ2v) is 17.6. The van der Waals surface area contributed by atoms with Crippen LogP contribution in [0.2, 0.25) is 0 Å². The highest BCUT2D eigenvalue weighted by Crippen LogP contribution is 2.40. The summed E-state index contributed by atoms with van der Waals surface area (Å²) in [5.41, 5.74) is 0. The normalized spacial score (nSPS) is 45.0. The van der Waals surface area contributed by atoms with E-state index < -0.39 is 222 Å². The van der Waals surface area contributed by atoms with Crippen LogP contribution in [0.3, 0.4) is 0 Å². The van der Waals surface area contributed by atoms with E-state index in [4.69, 9.17) is 42.6 Å². The van der Waals surface area contributed by atoms with Crippen molar-refractivity contribution in [1.82, 2.24) is 16.0 Å². The van der Waals surface area contributed by atoms with E-state index in [0.29, 0.717) is 0 Å². The lowest BCUT2D eigenvalue weighted by molar-refractivity contribution is -0.401. The Labute approximate surface area is 402 Å². The molecule has 32 heteroatoms. The molecule has 5 heterocycles. The molecule has 5 aliphatic rings. The number of rotatable bonds is 19. The number of nitrogens with one attached hydrogen (secondary N) is 3. The fraction of sp³-hybridized carbons (Fsp3) is 0.897. The van der Waals surface area contributed by atoms with E-state index in [1.165, 1.54) is 0 Å². The number of carboxylic acid groups (broad SMARTS) is 1. The summed E-state index contributed by atoms with van der Waals surface area (Å²) >= 11 is 0. The van der Waals surface area contributed by atoms with Gasteiger partial charge in [-0.05, 0) is 0 Å². The van der Waals surface area contributed by atoms with Crippen molar-refractivity contribution in [3.05, 3.63) is 0 Å². The lowest BCUT2D eigenvalue weighted by atomic mass is 9.88. The average Bonchev–Trinajstić information content (AvgIpc) is 3.31. The number of aliphatic hydroxyl groups is 15. The summed E-state index contributed by atoms with van der Waals surface area (Å²) in [5, 5.41) is 179. The molecule has 0 aliphatic carbocycles. The molecule has 410 valence electrons. The standard InChI is InChI=1S/C39H65N3O29/c1-10(48)40-19-13(51)4-39(38(61)62,70-32(19)22(53)14(52)5-43)71-33-28(59)37(67-29-17(8-46)63-34(60)20(25(29)56)41-11(2)49)66-18(9-47)30(33)68-35-21(42-12(3)50)31(24(55)16(7-45)64-35)69-36-27(58)26(57)23(54)15(6-44)65-36/h13-37,43-47,51-60H,4-9H2,1-3H3,(H,40,48)(H,41,49)(H,42,50)(H,61,62)/t13-,14+,15+,16+,17+,18+,19+,20+,21+,22+,23-,24+,25+,26-,27+,28+,29+,30-,31+,32+,33+,34+,35-,36-,37-,39-/m0/s1. The number of hydrogen-bond acceptors (Lipinski definition) is 28. The molecule has 0 spiro atoms. The molecular weight excluding hydrogens is 974 g/mol. The third kappa shape index (κ3) is 12.9. The van der Waals surface area contributed by atoms with Gasteiger partial charge in [0.15, 0.2) is 25.2 Å². The molecule has 0 unspecified atom stereocenters. The van der Waals surface area contributed by atoms with Gasteiger partial charge in [0, 0.05) is 27.2 Å². The molecule has 0 radical (unpaired) electrons. The summed E-state index contributed by atoms with van der Waals surface area (Å²) in [6.45, 7) is -2.48. The molecule has 5 fully saturated rings. The van der Waals surface area contributed by atoms with Crippen molar-refractivity contribution in [2.75, 3.05) is 33.0 Å². The van der Waals surface area contributed by atoms with E-state index in [9.17, 15) is 101 Å². The number of ether oxygens (including phenoxy) is 9. The van der Waals surface area contributed by atoms with Gasteiger partial charge in [0.2, 0.25) is 17.7 Å². The van der Waals surface area contributed by atoms with Crippen molar-refractivity contribution >= 4 is 23.7 Å². The smallest absolute Gasteiger partial charge is 0.364 e. The van der Waals surface area contributed by atoms with Gasteiger partial charge in [-0.3, -0.25) is 14.4 Å². The molecule has 5 aliphatic heterocycles. The number of aliphatic hydroxyl groups excluding tert-OH is 15. The number of carboxylic acids is 1. The Morgan fingerprint density at radius 2 is 1.03 bits per heavy atom. The van der Waals surface area contributed by atoms with Gasteiger partial charge in [-0.15, -0.1) is 0 Å². The molecule has 0 aromatic carbocycles. The van der Waals surface area contributed by atoms with Crippen molar-refractivity contribution in [3.8, 4) is 0 Å². The molecule has 0 saturated carbocycles. The van der Waals surface area contributed by atoms with Gasteiger partial charge >= 0.3 is 5.97 Å². The Morgan fingerprint density at radius 3 is 1.58 bits per heavy atom. The lowest BCUT2D eigenvalue weighted by Crippen LogP contribution is -2.72. The topological polar surface area (TPSA) is 511 Å². The summed E-state index contributed by atoms with van der Waals surface area (Å²) in [7, 11) is 0. The second kappa shape index (κ2) is 25.0. The third-order valence-corrected chi connectivity index (χ3v) is 12.5. The summed E-state index contributed by atoms with van der Waals surface area (Å²) in [5.74, 6) is -8.05. The molecule has 0 aromatic heterocycles. The number of amides is 3. The lowest BCUT2D eigenvalue weighted by Gasteiger charge is -2.52. The van der Waals surface area contributed by atoms with Crippen LogP contribution in [-0.4, -0.2) is 297 Å². The van der Waals surface area contributed by atoms with Gasteiger partial charge in [-0.25, -0.2) is 4.79 Å². The van der Waals surface area contributed by atoms with Crippen LogP contribution in [0.4, 0.5) is 0 Å².